The first-order chi connectivity index (χ1) is 14.7. The smallest absolute Gasteiger partial charge is 0.495 e. The number of benzene rings is 1. The van der Waals surface area contributed by atoms with Crippen molar-refractivity contribution in [1.82, 2.24) is 20.3 Å². The Balaban J connectivity index is 1.84. The summed E-state index contributed by atoms with van der Waals surface area (Å²) in [6.07, 6.45) is -0.379. The van der Waals surface area contributed by atoms with Crippen LogP contribution >= 0.6 is 15.9 Å². The molecule has 3 rings (SSSR count). The van der Waals surface area contributed by atoms with Crippen LogP contribution in [-0.2, 0) is 0 Å². The number of hydrogen-bond donors (Lipinski definition) is 1. The normalized spacial score (nSPS) is 12.2. The highest BCUT2D eigenvalue weighted by Gasteiger charge is 2.31. The zero-order valence-electron chi connectivity index (χ0n) is 16.3. The molecule has 3 aromatic rings. The largest absolute Gasteiger partial charge is 0.573 e. The molecule has 2 aromatic heterocycles. The van der Waals surface area contributed by atoms with Crippen LogP contribution in [0.15, 0.2) is 53.4 Å². The summed E-state index contributed by atoms with van der Waals surface area (Å²) in [5, 5.41) is 2.71. The highest BCUT2D eigenvalue weighted by Crippen LogP contribution is 2.28. The molecular weight excluding hydrogens is 481 g/mol. The first-order valence-electron chi connectivity index (χ1n) is 8.85. The fraction of sp³-hybridized carbons (Fsp3) is 0.200. The second-order valence-corrected chi connectivity index (χ2v) is 7.21. The van der Waals surface area contributed by atoms with Crippen molar-refractivity contribution in [2.75, 3.05) is 7.11 Å². The van der Waals surface area contributed by atoms with E-state index < -0.39 is 24.1 Å². The molecule has 0 aliphatic rings. The van der Waals surface area contributed by atoms with E-state index >= 15 is 0 Å². The van der Waals surface area contributed by atoms with Crippen LogP contribution in [0.25, 0.3) is 11.4 Å². The Morgan fingerprint density at radius 2 is 1.84 bits per heavy atom. The van der Waals surface area contributed by atoms with Gasteiger partial charge in [-0.2, -0.15) is 0 Å². The highest BCUT2D eigenvalue weighted by molar-refractivity contribution is 9.10. The zero-order valence-corrected chi connectivity index (χ0v) is 17.9. The third-order valence-corrected chi connectivity index (χ3v) is 4.52. The fourth-order valence-corrected chi connectivity index (χ4v) is 3.21. The quantitative estimate of drug-likeness (QED) is 0.532. The molecule has 1 atom stereocenters. The Morgan fingerprint density at radius 3 is 2.48 bits per heavy atom. The van der Waals surface area contributed by atoms with Gasteiger partial charge in [0.1, 0.15) is 17.2 Å². The summed E-state index contributed by atoms with van der Waals surface area (Å²) in [6.45, 7) is 1.68. The number of nitrogens with zero attached hydrogens (tertiary/aromatic N) is 3. The Morgan fingerprint density at radius 1 is 1.10 bits per heavy atom. The Labute approximate surface area is 183 Å². The van der Waals surface area contributed by atoms with Crippen molar-refractivity contribution in [1.29, 1.82) is 0 Å². The number of alkyl halides is 3. The number of carbonyl (C=O) groups is 1. The van der Waals surface area contributed by atoms with Crippen molar-refractivity contribution in [2.45, 2.75) is 19.3 Å². The summed E-state index contributed by atoms with van der Waals surface area (Å²) in [6, 6.07) is 6.30. The van der Waals surface area contributed by atoms with Crippen molar-refractivity contribution in [3.05, 3.63) is 64.7 Å². The Kier molecular flexibility index (Phi) is 6.74. The van der Waals surface area contributed by atoms with Crippen molar-refractivity contribution < 1.29 is 27.4 Å². The third-order valence-electron chi connectivity index (χ3n) is 4.07. The van der Waals surface area contributed by atoms with E-state index in [0.717, 1.165) is 12.1 Å². The second kappa shape index (κ2) is 9.29. The number of ether oxygens (including phenoxy) is 2. The summed E-state index contributed by atoms with van der Waals surface area (Å²) in [5.74, 6) is -0.551. The van der Waals surface area contributed by atoms with Gasteiger partial charge < -0.3 is 14.8 Å². The molecule has 1 unspecified atom stereocenters. The van der Waals surface area contributed by atoms with Gasteiger partial charge in [-0.3, -0.25) is 19.7 Å². The van der Waals surface area contributed by atoms with E-state index in [4.69, 9.17) is 4.74 Å². The molecule has 1 amide bonds. The van der Waals surface area contributed by atoms with Gasteiger partial charge in [0.2, 0.25) is 0 Å². The standard InChI is InChI=1S/C20H16BrF3N4O3/c1-11(17-18(26-6-5-25-17)16-4-3-14(30-2)10-27-16)28-19(29)12-7-13(21)9-15(8-12)31-20(22,23)24/h3-11H,1-2H3,(H,28,29). The molecule has 1 aromatic carbocycles. The topological polar surface area (TPSA) is 86.2 Å². The van der Waals surface area contributed by atoms with Crippen LogP contribution in [0.5, 0.6) is 11.5 Å². The molecule has 7 nitrogen and oxygen atoms in total. The first kappa shape index (κ1) is 22.5. The molecule has 0 saturated heterocycles. The lowest BCUT2D eigenvalue weighted by molar-refractivity contribution is -0.274. The molecule has 11 heteroatoms. The molecule has 162 valence electrons. The summed E-state index contributed by atoms with van der Waals surface area (Å²) >= 11 is 3.09. The van der Waals surface area contributed by atoms with Crippen LogP contribution in [0.2, 0.25) is 0 Å². The van der Waals surface area contributed by atoms with Gasteiger partial charge in [0, 0.05) is 22.4 Å². The number of methoxy groups -OCH3 is 1. The molecular formula is C20H16BrF3N4O3. The molecule has 0 fully saturated rings. The van der Waals surface area contributed by atoms with Gasteiger partial charge in [0.05, 0.1) is 30.7 Å². The fourth-order valence-electron chi connectivity index (χ4n) is 2.74. The number of amides is 1. The number of aromatic nitrogens is 3. The highest BCUT2D eigenvalue weighted by atomic mass is 79.9. The van der Waals surface area contributed by atoms with E-state index in [0.29, 0.717) is 22.8 Å². The van der Waals surface area contributed by atoms with Crippen LogP contribution in [0, 0.1) is 0 Å². The summed E-state index contributed by atoms with van der Waals surface area (Å²) in [4.78, 5) is 25.6. The average Bonchev–Trinajstić information content (AvgIpc) is 2.72. The maximum atomic E-state index is 12.7. The van der Waals surface area contributed by atoms with Gasteiger partial charge in [0.15, 0.2) is 0 Å². The van der Waals surface area contributed by atoms with Crippen LogP contribution in [-0.4, -0.2) is 34.3 Å². The lowest BCUT2D eigenvalue weighted by Gasteiger charge is -2.17. The molecule has 0 aliphatic carbocycles. The monoisotopic (exact) mass is 496 g/mol. The molecule has 0 bridgehead atoms. The van der Waals surface area contributed by atoms with E-state index in [1.165, 1.54) is 31.8 Å². The minimum absolute atomic E-state index is 0.0199. The van der Waals surface area contributed by atoms with Crippen LogP contribution in [0.3, 0.4) is 0 Å². The number of hydrogen-bond acceptors (Lipinski definition) is 6. The molecule has 0 radical (unpaired) electrons. The number of carbonyl (C=O) groups excluding carboxylic acids is 1. The molecule has 0 saturated carbocycles. The van der Waals surface area contributed by atoms with Crippen molar-refractivity contribution in [2.24, 2.45) is 0 Å². The van der Waals surface area contributed by atoms with Crippen LogP contribution in [0.1, 0.15) is 29.0 Å². The van der Waals surface area contributed by atoms with Crippen molar-refractivity contribution >= 4 is 21.8 Å². The summed E-state index contributed by atoms with van der Waals surface area (Å²) in [7, 11) is 1.52. The van der Waals surface area contributed by atoms with Gasteiger partial charge in [-0.1, -0.05) is 15.9 Å². The molecule has 31 heavy (non-hydrogen) atoms. The van der Waals surface area contributed by atoms with Gasteiger partial charge >= 0.3 is 6.36 Å². The maximum absolute atomic E-state index is 12.7. The van der Waals surface area contributed by atoms with Crippen molar-refractivity contribution in [3.8, 4) is 22.9 Å². The lowest BCUT2D eigenvalue weighted by Crippen LogP contribution is -2.28. The summed E-state index contributed by atoms with van der Waals surface area (Å²) in [5.41, 5.74) is 1.39. The van der Waals surface area contributed by atoms with Gasteiger partial charge in [0.25, 0.3) is 5.91 Å². The minimum Gasteiger partial charge on any atom is -0.495 e. The van der Waals surface area contributed by atoms with Gasteiger partial charge in [-0.25, -0.2) is 0 Å². The zero-order chi connectivity index (χ0) is 22.6. The first-order valence-corrected chi connectivity index (χ1v) is 9.64. The predicted molar refractivity (Wildman–Crippen MR) is 109 cm³/mol. The van der Waals surface area contributed by atoms with Gasteiger partial charge in [-0.05, 0) is 37.3 Å². The van der Waals surface area contributed by atoms with E-state index in [-0.39, 0.29) is 10.0 Å². The van der Waals surface area contributed by atoms with E-state index in [9.17, 15) is 18.0 Å². The number of nitrogens with one attached hydrogen (secondary N) is 1. The Hall–Kier alpha value is -3.21. The lowest BCUT2D eigenvalue weighted by atomic mass is 10.1. The maximum Gasteiger partial charge on any atom is 0.573 e. The number of halogens is 4. The molecule has 2 heterocycles. The van der Waals surface area contributed by atoms with Crippen LogP contribution in [0.4, 0.5) is 13.2 Å². The predicted octanol–water partition coefficient (Wildman–Crippen LogP) is 4.70. The van der Waals surface area contributed by atoms with E-state index in [2.05, 4.69) is 40.9 Å². The summed E-state index contributed by atoms with van der Waals surface area (Å²) < 4.78 is 46.8. The molecule has 1 N–H and O–H groups in total. The number of rotatable bonds is 6. The number of pyridine rings is 1. The van der Waals surface area contributed by atoms with Crippen molar-refractivity contribution in [3.63, 3.8) is 0 Å². The molecule has 0 spiro atoms. The third kappa shape index (κ3) is 5.91. The average molecular weight is 497 g/mol. The van der Waals surface area contributed by atoms with Crippen LogP contribution < -0.4 is 14.8 Å². The second-order valence-electron chi connectivity index (χ2n) is 6.29. The van der Waals surface area contributed by atoms with E-state index in [1.807, 2.05) is 0 Å². The SMILES string of the molecule is COc1ccc(-c2nccnc2C(C)NC(=O)c2cc(Br)cc(OC(F)(F)F)c2)nc1. The van der Waals surface area contributed by atoms with Gasteiger partial charge in [-0.15, -0.1) is 13.2 Å². The molecule has 0 aliphatic heterocycles. The Bertz CT molecular complexity index is 1080. The minimum atomic E-state index is -4.87. The van der Waals surface area contributed by atoms with E-state index in [1.54, 1.807) is 19.1 Å².